The van der Waals surface area contributed by atoms with Gasteiger partial charge in [-0.15, -0.1) is 0 Å². The van der Waals surface area contributed by atoms with E-state index in [-0.39, 0.29) is 17.4 Å². The summed E-state index contributed by atoms with van der Waals surface area (Å²) in [5, 5.41) is 4.27. The van der Waals surface area contributed by atoms with Crippen molar-refractivity contribution in [2.75, 3.05) is 7.05 Å². The molecule has 1 heterocycles. The molecule has 6 heteroatoms. The first-order chi connectivity index (χ1) is 11.2. The molecule has 2 aliphatic rings. The number of fused-ring (bicyclic) bond motifs is 1. The van der Waals surface area contributed by atoms with E-state index in [4.69, 9.17) is 0 Å². The predicted molar refractivity (Wildman–Crippen MR) is 88.6 cm³/mol. The summed E-state index contributed by atoms with van der Waals surface area (Å²) < 4.78 is 27.3. The van der Waals surface area contributed by atoms with Crippen molar-refractivity contribution < 1.29 is 13.6 Å². The van der Waals surface area contributed by atoms with Gasteiger partial charge in [-0.2, -0.15) is 0 Å². The van der Waals surface area contributed by atoms with E-state index >= 15 is 0 Å². The van der Waals surface area contributed by atoms with Gasteiger partial charge in [0.2, 0.25) is 0 Å². The lowest BCUT2D eigenvalue weighted by molar-refractivity contribution is -0.134. The Balaban J connectivity index is 1.89. The molecule has 0 aromatic heterocycles. The lowest BCUT2D eigenvalue weighted by Crippen LogP contribution is -2.63. The minimum atomic E-state index is -2.85. The molecule has 0 saturated carbocycles. The molecule has 2 unspecified atom stereocenters. The zero-order chi connectivity index (χ0) is 17.7. The van der Waals surface area contributed by atoms with Gasteiger partial charge in [-0.3, -0.25) is 4.79 Å². The zero-order valence-corrected chi connectivity index (χ0v) is 14.3. The second-order valence-corrected chi connectivity index (χ2v) is 7.26. The second kappa shape index (κ2) is 5.55. The molecule has 1 aromatic carbocycles. The highest BCUT2D eigenvalue weighted by Gasteiger charge is 2.52. The van der Waals surface area contributed by atoms with Crippen LogP contribution in [0.2, 0.25) is 0 Å². The van der Waals surface area contributed by atoms with Gasteiger partial charge in [-0.25, -0.2) is 14.2 Å². The number of amides is 1. The van der Waals surface area contributed by atoms with Crippen molar-refractivity contribution in [3.63, 3.8) is 0 Å². The number of rotatable bonds is 3. The van der Waals surface area contributed by atoms with Gasteiger partial charge in [0, 0.05) is 30.6 Å². The van der Waals surface area contributed by atoms with E-state index in [0.717, 1.165) is 11.1 Å². The molecule has 3 rings (SSSR count). The summed E-state index contributed by atoms with van der Waals surface area (Å²) in [4.78, 5) is 12.8. The van der Waals surface area contributed by atoms with Crippen molar-refractivity contribution in [1.29, 1.82) is 0 Å². The van der Waals surface area contributed by atoms with Gasteiger partial charge in [0.05, 0.1) is 0 Å². The van der Waals surface area contributed by atoms with E-state index in [1.54, 1.807) is 7.05 Å². The molecule has 130 valence electrons. The molecule has 24 heavy (non-hydrogen) atoms. The van der Waals surface area contributed by atoms with Crippen molar-refractivity contribution >= 4 is 5.91 Å². The molecule has 2 N–H and O–H groups in total. The molecule has 1 amide bonds. The minimum absolute atomic E-state index is 0.0537. The van der Waals surface area contributed by atoms with Crippen molar-refractivity contribution in [1.82, 2.24) is 15.8 Å². The Bertz CT molecular complexity index is 689. The number of hydrazine groups is 1. The van der Waals surface area contributed by atoms with Crippen molar-refractivity contribution in [2.24, 2.45) is 0 Å². The largest absolute Gasteiger partial charge is 0.350 e. The third-order valence-corrected chi connectivity index (χ3v) is 5.35. The molecule has 4 nitrogen and oxygen atoms in total. The van der Waals surface area contributed by atoms with E-state index in [1.165, 1.54) is 17.3 Å². The van der Waals surface area contributed by atoms with Crippen molar-refractivity contribution in [3.8, 4) is 0 Å². The SMILES string of the molecule is C[C@H]1c2ccccc2C(C)(C)C1NC(=O)C1(C(F)F)C=CN(C)N1. The summed E-state index contributed by atoms with van der Waals surface area (Å²) in [5.41, 5.74) is 2.53. The van der Waals surface area contributed by atoms with Crippen LogP contribution in [0.25, 0.3) is 0 Å². The van der Waals surface area contributed by atoms with Crippen LogP contribution in [0, 0.1) is 0 Å². The number of hydrogen-bond acceptors (Lipinski definition) is 3. The van der Waals surface area contributed by atoms with E-state index in [1.807, 2.05) is 45.0 Å². The first kappa shape index (κ1) is 16.9. The number of alkyl halides is 2. The maximum absolute atomic E-state index is 13.6. The Morgan fingerprint density at radius 2 is 2.00 bits per heavy atom. The zero-order valence-electron chi connectivity index (χ0n) is 14.3. The van der Waals surface area contributed by atoms with Gasteiger partial charge < -0.3 is 10.3 Å². The molecule has 1 aliphatic heterocycles. The molecule has 0 bridgehead atoms. The van der Waals surface area contributed by atoms with Crippen LogP contribution < -0.4 is 10.7 Å². The van der Waals surface area contributed by atoms with Crippen molar-refractivity contribution in [3.05, 3.63) is 47.7 Å². The Kier molecular flexibility index (Phi) is 3.91. The lowest BCUT2D eigenvalue weighted by atomic mass is 9.81. The second-order valence-electron chi connectivity index (χ2n) is 7.26. The highest BCUT2D eigenvalue weighted by atomic mass is 19.3. The van der Waals surface area contributed by atoms with Gasteiger partial charge >= 0.3 is 0 Å². The number of carbonyl (C=O) groups is 1. The molecular weight excluding hydrogens is 312 g/mol. The molecule has 0 saturated heterocycles. The fraction of sp³-hybridized carbons (Fsp3) is 0.500. The van der Waals surface area contributed by atoms with Crippen LogP contribution >= 0.6 is 0 Å². The Hall–Kier alpha value is -1.95. The standard InChI is InChI=1S/C18H23F2N3O/c1-11-12-7-5-6-8-13(12)17(2,3)14(11)21-16(24)18(15(19)20)9-10-23(4)22-18/h5-11,14-15,22H,1-4H3,(H,21,24)/t11-,14?,18?/m0/s1. The number of hydrogen-bond donors (Lipinski definition) is 2. The maximum Gasteiger partial charge on any atom is 0.270 e. The van der Waals surface area contributed by atoms with Crippen LogP contribution in [0.3, 0.4) is 0 Å². The number of benzene rings is 1. The fourth-order valence-corrected chi connectivity index (χ4v) is 3.96. The number of nitrogens with one attached hydrogen (secondary N) is 2. The third kappa shape index (κ3) is 2.32. The molecule has 1 aliphatic carbocycles. The van der Waals surface area contributed by atoms with Crippen LogP contribution in [0.5, 0.6) is 0 Å². The van der Waals surface area contributed by atoms with Gasteiger partial charge in [0.15, 0.2) is 5.54 Å². The molecule has 0 spiro atoms. The summed E-state index contributed by atoms with van der Waals surface area (Å²) >= 11 is 0. The fourth-order valence-electron chi connectivity index (χ4n) is 3.96. The smallest absolute Gasteiger partial charge is 0.270 e. The number of halogens is 2. The molecule has 3 atom stereocenters. The van der Waals surface area contributed by atoms with Gasteiger partial charge in [-0.05, 0) is 17.2 Å². The summed E-state index contributed by atoms with van der Waals surface area (Å²) in [6.07, 6.45) is -0.169. The quantitative estimate of drug-likeness (QED) is 0.892. The average Bonchev–Trinajstić information content (AvgIpc) is 3.02. The number of carbonyl (C=O) groups excluding carboxylic acids is 1. The number of nitrogens with zero attached hydrogens (tertiary/aromatic N) is 1. The first-order valence-electron chi connectivity index (χ1n) is 8.08. The third-order valence-electron chi connectivity index (χ3n) is 5.35. The van der Waals surface area contributed by atoms with Crippen molar-refractivity contribution in [2.45, 2.75) is 50.1 Å². The summed E-state index contributed by atoms with van der Waals surface area (Å²) in [6.45, 7) is 6.11. The maximum atomic E-state index is 13.6. The lowest BCUT2D eigenvalue weighted by Gasteiger charge is -2.35. The minimum Gasteiger partial charge on any atom is -0.350 e. The summed E-state index contributed by atoms with van der Waals surface area (Å²) in [7, 11) is 1.59. The normalized spacial score (nSPS) is 30.7. The highest BCUT2D eigenvalue weighted by molar-refractivity contribution is 5.90. The Morgan fingerprint density at radius 3 is 2.54 bits per heavy atom. The Morgan fingerprint density at radius 1 is 1.33 bits per heavy atom. The molecule has 0 fully saturated rings. The first-order valence-corrected chi connectivity index (χ1v) is 8.08. The topological polar surface area (TPSA) is 44.4 Å². The average molecular weight is 335 g/mol. The van der Waals surface area contributed by atoms with Crippen LogP contribution in [0.15, 0.2) is 36.5 Å². The van der Waals surface area contributed by atoms with Crippen LogP contribution in [0.1, 0.15) is 37.8 Å². The Labute approximate surface area is 140 Å². The molecule has 0 radical (unpaired) electrons. The molecule has 1 aromatic rings. The van der Waals surface area contributed by atoms with Crippen LogP contribution in [-0.4, -0.2) is 36.0 Å². The summed E-state index contributed by atoms with van der Waals surface area (Å²) in [5.74, 6) is -0.645. The van der Waals surface area contributed by atoms with E-state index in [9.17, 15) is 13.6 Å². The van der Waals surface area contributed by atoms with E-state index in [0.29, 0.717) is 0 Å². The van der Waals surface area contributed by atoms with Crippen LogP contribution in [-0.2, 0) is 10.2 Å². The van der Waals surface area contributed by atoms with Gasteiger partial charge in [-0.1, -0.05) is 45.0 Å². The van der Waals surface area contributed by atoms with Gasteiger partial charge in [0.25, 0.3) is 12.3 Å². The predicted octanol–water partition coefficient (Wildman–Crippen LogP) is 2.53. The van der Waals surface area contributed by atoms with E-state index < -0.39 is 17.9 Å². The monoisotopic (exact) mass is 335 g/mol. The highest BCUT2D eigenvalue weighted by Crippen LogP contribution is 2.45. The van der Waals surface area contributed by atoms with Gasteiger partial charge in [0.1, 0.15) is 0 Å². The summed E-state index contributed by atoms with van der Waals surface area (Å²) in [6, 6.07) is 7.76. The molecular formula is C18H23F2N3O. The van der Waals surface area contributed by atoms with E-state index in [2.05, 4.69) is 10.7 Å². The van der Waals surface area contributed by atoms with Crippen LogP contribution in [0.4, 0.5) is 8.78 Å².